The van der Waals surface area contributed by atoms with Crippen molar-refractivity contribution in [1.82, 2.24) is 9.97 Å². The van der Waals surface area contributed by atoms with Crippen molar-refractivity contribution in [2.75, 3.05) is 0 Å². The molecule has 4 heteroatoms. The maximum atomic E-state index is 6.18. The molecule has 1 saturated carbocycles. The number of hydrogen-bond donors (Lipinski definition) is 0. The van der Waals surface area contributed by atoms with Gasteiger partial charge in [-0.15, -0.1) is 11.8 Å². The summed E-state index contributed by atoms with van der Waals surface area (Å²) in [7, 11) is 0. The summed E-state index contributed by atoms with van der Waals surface area (Å²) in [5, 5.41) is 0.576. The van der Waals surface area contributed by atoms with Gasteiger partial charge in [0.2, 0.25) is 0 Å². The molecular weight excluding hydrogens is 300 g/mol. The summed E-state index contributed by atoms with van der Waals surface area (Å²) in [6.07, 6.45) is 5.08. The Morgan fingerprint density at radius 2 is 2.00 bits per heavy atom. The van der Waals surface area contributed by atoms with Gasteiger partial charge in [-0.25, -0.2) is 9.97 Å². The summed E-state index contributed by atoms with van der Waals surface area (Å²) < 4.78 is 0. The monoisotopic (exact) mass is 318 g/mol. The Morgan fingerprint density at radius 3 is 2.76 bits per heavy atom. The lowest BCUT2D eigenvalue weighted by molar-refractivity contribution is 0.688. The van der Waals surface area contributed by atoms with Crippen molar-refractivity contribution in [3.05, 3.63) is 52.6 Å². The van der Waals surface area contributed by atoms with E-state index in [2.05, 4.69) is 36.2 Å². The molecule has 21 heavy (non-hydrogen) atoms. The molecule has 110 valence electrons. The van der Waals surface area contributed by atoms with Crippen LogP contribution in [0.3, 0.4) is 0 Å². The van der Waals surface area contributed by atoms with E-state index >= 15 is 0 Å². The Kier molecular flexibility index (Phi) is 4.81. The normalized spacial score (nSPS) is 15.5. The zero-order valence-electron chi connectivity index (χ0n) is 12.2. The van der Waals surface area contributed by atoms with Crippen LogP contribution < -0.4 is 0 Å². The molecule has 2 nitrogen and oxygen atoms in total. The molecule has 0 N–H and O–H groups in total. The molecule has 2 aromatic rings. The molecule has 0 atom stereocenters. The lowest BCUT2D eigenvalue weighted by Gasteiger charge is -2.10. The molecule has 1 aromatic carbocycles. The number of thioether (sulfide) groups is 1. The van der Waals surface area contributed by atoms with Crippen LogP contribution in [0.25, 0.3) is 0 Å². The average Bonchev–Trinajstić information content (AvgIpc) is 2.99. The minimum atomic E-state index is 0.576. The van der Waals surface area contributed by atoms with Crippen LogP contribution in [0.1, 0.15) is 48.7 Å². The van der Waals surface area contributed by atoms with E-state index in [0.717, 1.165) is 17.3 Å². The van der Waals surface area contributed by atoms with Gasteiger partial charge in [-0.1, -0.05) is 42.1 Å². The fourth-order valence-electron chi connectivity index (χ4n) is 2.83. The van der Waals surface area contributed by atoms with E-state index in [1.54, 1.807) is 11.8 Å². The molecule has 0 radical (unpaired) electrons. The third-order valence-corrected chi connectivity index (χ3v) is 5.08. The Hall–Kier alpha value is -1.06. The topological polar surface area (TPSA) is 25.8 Å². The maximum Gasteiger partial charge on any atom is 0.140 e. The molecule has 1 fully saturated rings. The lowest BCUT2D eigenvalue weighted by atomic mass is 10.0. The van der Waals surface area contributed by atoms with E-state index in [-0.39, 0.29) is 0 Å². The van der Waals surface area contributed by atoms with Crippen LogP contribution in [-0.2, 0) is 5.75 Å². The van der Waals surface area contributed by atoms with Crippen LogP contribution in [0.4, 0.5) is 0 Å². The van der Waals surface area contributed by atoms with Crippen LogP contribution in [0.5, 0.6) is 0 Å². The molecule has 1 aromatic heterocycles. The van der Waals surface area contributed by atoms with Gasteiger partial charge in [-0.2, -0.15) is 0 Å². The quantitative estimate of drug-likeness (QED) is 0.558. The summed E-state index contributed by atoms with van der Waals surface area (Å²) in [5.41, 5.74) is 2.41. The average molecular weight is 319 g/mol. The second kappa shape index (κ2) is 6.80. The van der Waals surface area contributed by atoms with Crippen molar-refractivity contribution in [3.63, 3.8) is 0 Å². The van der Waals surface area contributed by atoms with Crippen molar-refractivity contribution in [2.24, 2.45) is 0 Å². The molecule has 0 aliphatic heterocycles. The zero-order valence-corrected chi connectivity index (χ0v) is 13.8. The SMILES string of the molecule is Cc1cccc(SCc2nc(Cl)cc(C3CCCC3)n2)c1. The van der Waals surface area contributed by atoms with E-state index < -0.39 is 0 Å². The highest BCUT2D eigenvalue weighted by Gasteiger charge is 2.19. The molecule has 0 unspecified atom stereocenters. The van der Waals surface area contributed by atoms with Crippen molar-refractivity contribution < 1.29 is 0 Å². The third-order valence-electron chi connectivity index (χ3n) is 3.89. The number of aryl methyl sites for hydroxylation is 1. The highest BCUT2D eigenvalue weighted by molar-refractivity contribution is 7.98. The molecular formula is C17H19ClN2S. The predicted octanol–water partition coefficient (Wildman–Crippen LogP) is 5.39. The Balaban J connectivity index is 1.72. The van der Waals surface area contributed by atoms with Gasteiger partial charge < -0.3 is 0 Å². The van der Waals surface area contributed by atoms with Gasteiger partial charge in [0.05, 0.1) is 5.75 Å². The Morgan fingerprint density at radius 1 is 1.19 bits per heavy atom. The Bertz CT molecular complexity index is 624. The van der Waals surface area contributed by atoms with Crippen molar-refractivity contribution >= 4 is 23.4 Å². The first kappa shape index (κ1) is 14.9. The number of benzene rings is 1. The van der Waals surface area contributed by atoms with E-state index in [9.17, 15) is 0 Å². The molecule has 0 amide bonds. The first-order valence-electron chi connectivity index (χ1n) is 7.43. The minimum absolute atomic E-state index is 0.576. The molecule has 0 saturated heterocycles. The standard InChI is InChI=1S/C17H19ClN2S/c1-12-5-4-8-14(9-12)21-11-17-19-15(10-16(18)20-17)13-6-2-3-7-13/h4-5,8-10,13H,2-3,6-7,11H2,1H3. The van der Waals surface area contributed by atoms with Crippen molar-refractivity contribution in [2.45, 2.75) is 49.2 Å². The minimum Gasteiger partial charge on any atom is -0.237 e. The fourth-order valence-corrected chi connectivity index (χ4v) is 3.91. The van der Waals surface area contributed by atoms with Gasteiger partial charge in [0.15, 0.2) is 0 Å². The summed E-state index contributed by atoms with van der Waals surface area (Å²) in [5.74, 6) is 2.19. The highest BCUT2D eigenvalue weighted by Crippen LogP contribution is 2.34. The fraction of sp³-hybridized carbons (Fsp3) is 0.412. The zero-order chi connectivity index (χ0) is 14.7. The summed E-state index contributed by atoms with van der Waals surface area (Å²) >= 11 is 7.94. The van der Waals surface area contributed by atoms with Crippen LogP contribution in [0.15, 0.2) is 35.2 Å². The van der Waals surface area contributed by atoms with Crippen LogP contribution in [0, 0.1) is 6.92 Å². The van der Waals surface area contributed by atoms with Crippen LogP contribution in [-0.4, -0.2) is 9.97 Å². The molecule has 3 rings (SSSR count). The molecule has 1 heterocycles. The van der Waals surface area contributed by atoms with Crippen LogP contribution >= 0.6 is 23.4 Å². The molecule has 0 bridgehead atoms. The summed E-state index contributed by atoms with van der Waals surface area (Å²) in [4.78, 5) is 10.4. The molecule has 0 spiro atoms. The maximum absolute atomic E-state index is 6.18. The largest absolute Gasteiger partial charge is 0.237 e. The van der Waals surface area contributed by atoms with Crippen molar-refractivity contribution in [3.8, 4) is 0 Å². The summed E-state index contributed by atoms with van der Waals surface area (Å²) in [6.45, 7) is 2.11. The second-order valence-electron chi connectivity index (χ2n) is 5.62. The highest BCUT2D eigenvalue weighted by atomic mass is 35.5. The van der Waals surface area contributed by atoms with Gasteiger partial charge in [-0.3, -0.25) is 0 Å². The van der Waals surface area contributed by atoms with E-state index in [0.29, 0.717) is 11.1 Å². The first-order chi connectivity index (χ1) is 10.2. The van der Waals surface area contributed by atoms with E-state index in [1.165, 1.54) is 36.1 Å². The van der Waals surface area contributed by atoms with Gasteiger partial charge in [0, 0.05) is 16.5 Å². The lowest BCUT2D eigenvalue weighted by Crippen LogP contribution is -2.02. The number of hydrogen-bond acceptors (Lipinski definition) is 3. The Labute approximate surface area is 135 Å². The summed E-state index contributed by atoms with van der Waals surface area (Å²) in [6, 6.07) is 10.4. The third kappa shape index (κ3) is 3.98. The molecule has 1 aliphatic carbocycles. The smallest absolute Gasteiger partial charge is 0.140 e. The van der Waals surface area contributed by atoms with Crippen LogP contribution in [0.2, 0.25) is 5.15 Å². The number of halogens is 1. The van der Waals surface area contributed by atoms with E-state index in [4.69, 9.17) is 16.6 Å². The number of aromatic nitrogens is 2. The van der Waals surface area contributed by atoms with Gasteiger partial charge in [0.1, 0.15) is 11.0 Å². The number of rotatable bonds is 4. The van der Waals surface area contributed by atoms with Gasteiger partial charge >= 0.3 is 0 Å². The second-order valence-corrected chi connectivity index (χ2v) is 7.05. The first-order valence-corrected chi connectivity index (χ1v) is 8.80. The van der Waals surface area contributed by atoms with E-state index in [1.807, 2.05) is 6.07 Å². The number of nitrogens with zero attached hydrogens (tertiary/aromatic N) is 2. The predicted molar refractivity (Wildman–Crippen MR) is 89.0 cm³/mol. The van der Waals surface area contributed by atoms with Gasteiger partial charge in [0.25, 0.3) is 0 Å². The van der Waals surface area contributed by atoms with Gasteiger partial charge in [-0.05, 0) is 38.0 Å². The van der Waals surface area contributed by atoms with Crippen molar-refractivity contribution in [1.29, 1.82) is 0 Å². The molecule has 1 aliphatic rings.